The smallest absolute Gasteiger partial charge is 0.130 e. The highest BCUT2D eigenvalue weighted by molar-refractivity contribution is 6.29. The molecule has 0 atom stereocenters. The van der Waals surface area contributed by atoms with Gasteiger partial charge in [0.05, 0.1) is 11.6 Å². The highest BCUT2D eigenvalue weighted by Gasteiger charge is 1.94. The van der Waals surface area contributed by atoms with Gasteiger partial charge in [0.1, 0.15) is 5.15 Å². The third kappa shape index (κ3) is 3.36. The van der Waals surface area contributed by atoms with Crippen molar-refractivity contribution >= 4 is 11.6 Å². The van der Waals surface area contributed by atoms with Crippen LogP contribution in [0.25, 0.3) is 0 Å². The highest BCUT2D eigenvalue weighted by atomic mass is 35.5. The maximum absolute atomic E-state index is 8.45. The molecule has 0 fully saturated rings. The zero-order valence-corrected chi connectivity index (χ0v) is 8.18. The van der Waals surface area contributed by atoms with E-state index in [1.54, 1.807) is 13.0 Å². The molecule has 0 N–H and O–H groups in total. The molecule has 1 aromatic rings. The van der Waals surface area contributed by atoms with Crippen molar-refractivity contribution in [3.63, 3.8) is 0 Å². The molecule has 2 nitrogen and oxygen atoms in total. The van der Waals surface area contributed by atoms with Gasteiger partial charge in [-0.05, 0) is 19.1 Å². The minimum atomic E-state index is 0.372. The number of aryl methyl sites for hydroxylation is 1. The molecule has 0 aliphatic carbocycles. The summed E-state index contributed by atoms with van der Waals surface area (Å²) in [4.78, 5) is 3.90. The highest BCUT2D eigenvalue weighted by Crippen LogP contribution is 2.08. The molecule has 0 unspecified atom stereocenters. The number of hydrogen-bond donors (Lipinski definition) is 0. The molecule has 0 radical (unpaired) electrons. The molecule has 0 aromatic carbocycles. The summed E-state index contributed by atoms with van der Waals surface area (Å²) in [6, 6.07) is 5.21. The van der Waals surface area contributed by atoms with Crippen LogP contribution in [-0.2, 0) is 0 Å². The first-order chi connectivity index (χ1) is 5.72. The standard InChI is InChI=1S/C7H5ClN2.C2H6/c1-5-2-6(4-9)3-7(8)10-5;1-2/h2-3H,1H3;1-2H3. The predicted molar refractivity (Wildman–Crippen MR) is 50.0 cm³/mol. The Morgan fingerprint density at radius 3 is 2.42 bits per heavy atom. The van der Waals surface area contributed by atoms with Gasteiger partial charge >= 0.3 is 0 Å². The summed E-state index contributed by atoms with van der Waals surface area (Å²) in [7, 11) is 0. The third-order valence-corrected chi connectivity index (χ3v) is 1.24. The van der Waals surface area contributed by atoms with E-state index in [0.717, 1.165) is 5.69 Å². The largest absolute Gasteiger partial charge is 0.241 e. The molecule has 1 aromatic heterocycles. The van der Waals surface area contributed by atoms with Gasteiger partial charge in [-0.15, -0.1) is 0 Å². The Morgan fingerprint density at radius 1 is 1.42 bits per heavy atom. The molecule has 12 heavy (non-hydrogen) atoms. The van der Waals surface area contributed by atoms with Gasteiger partial charge < -0.3 is 0 Å². The van der Waals surface area contributed by atoms with E-state index in [9.17, 15) is 0 Å². The molecule has 0 aliphatic heterocycles. The van der Waals surface area contributed by atoms with Crippen molar-refractivity contribution in [2.45, 2.75) is 20.8 Å². The summed E-state index contributed by atoms with van der Waals surface area (Å²) in [5, 5.41) is 8.82. The molecule has 0 spiro atoms. The van der Waals surface area contributed by atoms with Crippen LogP contribution in [0.5, 0.6) is 0 Å². The molecule has 3 heteroatoms. The number of nitriles is 1. The molecule has 1 heterocycles. The first kappa shape index (κ1) is 10.9. The first-order valence-corrected chi connectivity index (χ1v) is 4.14. The minimum Gasteiger partial charge on any atom is -0.241 e. The average molecular weight is 183 g/mol. The lowest BCUT2D eigenvalue weighted by Crippen LogP contribution is -1.83. The van der Waals surface area contributed by atoms with Crippen LogP contribution in [0.1, 0.15) is 25.1 Å². The molecule has 1 rings (SSSR count). The maximum atomic E-state index is 8.45. The van der Waals surface area contributed by atoms with Crippen molar-refractivity contribution < 1.29 is 0 Å². The van der Waals surface area contributed by atoms with Gasteiger partial charge in [0.15, 0.2) is 0 Å². The lowest BCUT2D eigenvalue weighted by Gasteiger charge is -1.92. The Morgan fingerprint density at radius 2 is 2.00 bits per heavy atom. The van der Waals surface area contributed by atoms with E-state index in [1.807, 2.05) is 19.9 Å². The Balaban J connectivity index is 0.000000561. The SMILES string of the molecule is CC.Cc1cc(C#N)cc(Cl)n1. The summed E-state index contributed by atoms with van der Waals surface area (Å²) < 4.78 is 0. The van der Waals surface area contributed by atoms with Crippen molar-refractivity contribution in [3.8, 4) is 6.07 Å². The molecule has 0 saturated heterocycles. The summed E-state index contributed by atoms with van der Waals surface area (Å²) in [5.74, 6) is 0. The summed E-state index contributed by atoms with van der Waals surface area (Å²) >= 11 is 5.57. The quantitative estimate of drug-likeness (QED) is 0.579. The zero-order valence-electron chi connectivity index (χ0n) is 7.43. The fourth-order valence-corrected chi connectivity index (χ4v) is 0.943. The number of nitrogens with zero attached hydrogens (tertiary/aromatic N) is 2. The summed E-state index contributed by atoms with van der Waals surface area (Å²) in [5.41, 5.74) is 1.32. The van der Waals surface area contributed by atoms with Gasteiger partial charge in [0.25, 0.3) is 0 Å². The van der Waals surface area contributed by atoms with Gasteiger partial charge in [-0.25, -0.2) is 4.98 Å². The minimum absolute atomic E-state index is 0.372. The van der Waals surface area contributed by atoms with Crippen molar-refractivity contribution in [1.29, 1.82) is 5.26 Å². The molecule has 0 aliphatic rings. The van der Waals surface area contributed by atoms with Crippen molar-refractivity contribution in [3.05, 3.63) is 28.5 Å². The van der Waals surface area contributed by atoms with Crippen LogP contribution >= 0.6 is 11.6 Å². The van der Waals surface area contributed by atoms with Crippen molar-refractivity contribution in [1.82, 2.24) is 4.98 Å². The van der Waals surface area contributed by atoms with Crippen LogP contribution < -0.4 is 0 Å². The second kappa shape index (κ2) is 5.56. The van der Waals surface area contributed by atoms with Crippen molar-refractivity contribution in [2.75, 3.05) is 0 Å². The molecule has 0 saturated carbocycles. The number of halogens is 1. The Hall–Kier alpha value is -1.07. The lowest BCUT2D eigenvalue weighted by molar-refractivity contribution is 1.19. The molecule has 0 bridgehead atoms. The van der Waals surface area contributed by atoms with E-state index in [4.69, 9.17) is 16.9 Å². The second-order valence-corrected chi connectivity index (χ2v) is 2.32. The lowest BCUT2D eigenvalue weighted by atomic mass is 10.2. The van der Waals surface area contributed by atoms with Crippen LogP contribution in [0.3, 0.4) is 0 Å². The zero-order chi connectivity index (χ0) is 9.56. The van der Waals surface area contributed by atoms with Gasteiger partial charge in [-0.1, -0.05) is 25.4 Å². The second-order valence-electron chi connectivity index (χ2n) is 1.93. The Kier molecular flexibility index (Phi) is 5.07. The van der Waals surface area contributed by atoms with Gasteiger partial charge in [0.2, 0.25) is 0 Å². The van der Waals surface area contributed by atoms with Gasteiger partial charge in [0, 0.05) is 5.69 Å². The van der Waals surface area contributed by atoms with E-state index in [-0.39, 0.29) is 0 Å². The van der Waals surface area contributed by atoms with E-state index in [2.05, 4.69) is 4.98 Å². The fourth-order valence-electron chi connectivity index (χ4n) is 0.693. The molecule has 64 valence electrons. The number of hydrogen-bond acceptors (Lipinski definition) is 2. The Bertz CT molecular complexity index is 269. The summed E-state index contributed by atoms with van der Waals surface area (Å²) in [6.07, 6.45) is 0. The predicted octanol–water partition coefficient (Wildman–Crippen LogP) is 2.94. The van der Waals surface area contributed by atoms with Crippen LogP contribution in [0.2, 0.25) is 5.15 Å². The van der Waals surface area contributed by atoms with Crippen LogP contribution in [0.15, 0.2) is 12.1 Å². The normalized spacial score (nSPS) is 7.92. The number of pyridine rings is 1. The van der Waals surface area contributed by atoms with E-state index in [1.165, 1.54) is 6.07 Å². The van der Waals surface area contributed by atoms with E-state index >= 15 is 0 Å². The molecular formula is C9H11ClN2. The number of rotatable bonds is 0. The van der Waals surface area contributed by atoms with Crippen LogP contribution in [0.4, 0.5) is 0 Å². The molecule has 0 amide bonds. The fraction of sp³-hybridized carbons (Fsp3) is 0.333. The third-order valence-electron chi connectivity index (χ3n) is 1.05. The van der Waals surface area contributed by atoms with Gasteiger partial charge in [-0.2, -0.15) is 5.26 Å². The maximum Gasteiger partial charge on any atom is 0.130 e. The van der Waals surface area contributed by atoms with Crippen LogP contribution in [-0.4, -0.2) is 4.98 Å². The average Bonchev–Trinajstić information content (AvgIpc) is 2.06. The van der Waals surface area contributed by atoms with E-state index < -0.39 is 0 Å². The molecular weight excluding hydrogens is 172 g/mol. The number of aromatic nitrogens is 1. The Labute approximate surface area is 77.8 Å². The first-order valence-electron chi connectivity index (χ1n) is 3.76. The monoisotopic (exact) mass is 182 g/mol. The van der Waals surface area contributed by atoms with E-state index in [0.29, 0.717) is 10.7 Å². The van der Waals surface area contributed by atoms with Crippen molar-refractivity contribution in [2.24, 2.45) is 0 Å². The topological polar surface area (TPSA) is 36.7 Å². The van der Waals surface area contributed by atoms with Gasteiger partial charge in [-0.3, -0.25) is 0 Å². The summed E-state index contributed by atoms with van der Waals surface area (Å²) in [6.45, 7) is 5.80. The van der Waals surface area contributed by atoms with Crippen LogP contribution in [0, 0.1) is 18.3 Å².